The van der Waals surface area contributed by atoms with Crippen LogP contribution in [0.5, 0.6) is 0 Å². The lowest BCUT2D eigenvalue weighted by Crippen LogP contribution is -2.18. The Bertz CT molecular complexity index is 547. The third-order valence-corrected chi connectivity index (χ3v) is 4.48. The molecule has 5 nitrogen and oxygen atoms in total. The molecule has 0 heterocycles. The number of hydrogen-bond donors (Lipinski definition) is 2. The van der Waals surface area contributed by atoms with Crippen LogP contribution in [0.25, 0.3) is 0 Å². The Balaban J connectivity index is 2.67. The maximum atomic E-state index is 11.7. The van der Waals surface area contributed by atoms with Gasteiger partial charge in [0.1, 0.15) is 0 Å². The maximum absolute atomic E-state index is 11.7. The Hall–Kier alpha value is -0.540. The van der Waals surface area contributed by atoms with Crippen LogP contribution < -0.4 is 4.72 Å². The maximum Gasteiger partial charge on any atom is 0.303 e. The van der Waals surface area contributed by atoms with Gasteiger partial charge in [0.2, 0.25) is 10.0 Å². The average Bonchev–Trinajstić information content (AvgIpc) is 2.21. The van der Waals surface area contributed by atoms with E-state index in [2.05, 4.69) is 4.72 Å². The van der Waals surface area contributed by atoms with E-state index in [9.17, 15) is 13.2 Å². The highest BCUT2D eigenvalue weighted by atomic mass is 127. The van der Waals surface area contributed by atoms with Gasteiger partial charge in [-0.25, -0.2) is 8.42 Å². The highest BCUT2D eigenvalue weighted by Gasteiger charge is 2.13. The van der Waals surface area contributed by atoms with Crippen molar-refractivity contribution >= 4 is 55.9 Å². The van der Waals surface area contributed by atoms with Crippen LogP contribution >= 0.6 is 34.2 Å². The number of nitrogens with one attached hydrogen (secondary N) is 1. The number of aliphatic carboxylic acids is 1. The second-order valence-corrected chi connectivity index (χ2v) is 6.98. The summed E-state index contributed by atoms with van der Waals surface area (Å²) in [6.07, 6.45) is -0.0898. The van der Waals surface area contributed by atoms with Gasteiger partial charge in [-0.3, -0.25) is 9.52 Å². The molecule has 0 atom stereocenters. The fourth-order valence-corrected chi connectivity index (χ4v) is 3.53. The van der Waals surface area contributed by atoms with Gasteiger partial charge in [0, 0.05) is 15.0 Å². The number of hydrogen-bond acceptors (Lipinski definition) is 3. The molecule has 0 aromatic heterocycles. The van der Waals surface area contributed by atoms with E-state index in [1.165, 1.54) is 0 Å². The number of carbonyl (C=O) groups is 1. The molecule has 18 heavy (non-hydrogen) atoms. The SMILES string of the molecule is O=C(O)CCCS(=O)(=O)Nc1ccc(Cl)cc1I. The summed E-state index contributed by atoms with van der Waals surface area (Å²) in [6, 6.07) is 4.79. The Morgan fingerprint density at radius 1 is 1.44 bits per heavy atom. The van der Waals surface area contributed by atoms with E-state index < -0.39 is 16.0 Å². The van der Waals surface area contributed by atoms with Crippen molar-refractivity contribution in [3.8, 4) is 0 Å². The molecule has 0 saturated carbocycles. The molecule has 100 valence electrons. The van der Waals surface area contributed by atoms with Gasteiger partial charge in [-0.2, -0.15) is 0 Å². The fourth-order valence-electron chi connectivity index (χ4n) is 1.20. The first-order valence-electron chi connectivity index (χ1n) is 4.97. The molecule has 0 saturated heterocycles. The number of rotatable bonds is 6. The summed E-state index contributed by atoms with van der Waals surface area (Å²) in [4.78, 5) is 10.3. The molecule has 0 amide bonds. The standard InChI is InChI=1S/C10H11ClINO4S/c11-7-3-4-9(8(12)6-7)13-18(16,17)5-1-2-10(14)15/h3-4,6,13H,1-2,5H2,(H,14,15). The minimum atomic E-state index is -3.53. The molecule has 0 unspecified atom stereocenters. The van der Waals surface area contributed by atoms with Crippen LogP contribution in [0.4, 0.5) is 5.69 Å². The summed E-state index contributed by atoms with van der Waals surface area (Å²) < 4.78 is 26.4. The quantitative estimate of drug-likeness (QED) is 0.715. The van der Waals surface area contributed by atoms with Crippen molar-refractivity contribution in [1.82, 2.24) is 0 Å². The molecular weight excluding hydrogens is 393 g/mol. The summed E-state index contributed by atoms with van der Waals surface area (Å²) in [5.41, 5.74) is 0.440. The minimum absolute atomic E-state index is 0.0782. The van der Waals surface area contributed by atoms with Gasteiger partial charge in [-0.15, -0.1) is 0 Å². The largest absolute Gasteiger partial charge is 0.481 e. The van der Waals surface area contributed by atoms with Crippen molar-refractivity contribution < 1.29 is 18.3 Å². The van der Waals surface area contributed by atoms with Gasteiger partial charge in [-0.1, -0.05) is 11.6 Å². The summed E-state index contributed by atoms with van der Waals surface area (Å²) in [5, 5.41) is 8.97. The van der Waals surface area contributed by atoms with Crippen molar-refractivity contribution in [2.45, 2.75) is 12.8 Å². The van der Waals surface area contributed by atoms with Crippen molar-refractivity contribution in [3.05, 3.63) is 26.8 Å². The summed E-state index contributed by atoms with van der Waals surface area (Å²) >= 11 is 7.73. The van der Waals surface area contributed by atoms with Crippen LogP contribution in [0, 0.1) is 3.57 Å². The first-order chi connectivity index (χ1) is 8.30. The molecular formula is C10H11ClINO4S. The lowest BCUT2D eigenvalue weighted by molar-refractivity contribution is -0.137. The Labute approximate surface area is 124 Å². The van der Waals surface area contributed by atoms with Gasteiger partial charge in [0.25, 0.3) is 0 Å². The lowest BCUT2D eigenvalue weighted by Gasteiger charge is -2.09. The van der Waals surface area contributed by atoms with Gasteiger partial charge in [0.15, 0.2) is 0 Å². The predicted octanol–water partition coefficient (Wildman–Crippen LogP) is 2.55. The Morgan fingerprint density at radius 2 is 2.11 bits per heavy atom. The normalized spacial score (nSPS) is 11.2. The second-order valence-electron chi connectivity index (χ2n) is 3.54. The van der Waals surface area contributed by atoms with Crippen molar-refractivity contribution in [2.75, 3.05) is 10.5 Å². The monoisotopic (exact) mass is 403 g/mol. The molecule has 8 heteroatoms. The van der Waals surface area contributed by atoms with E-state index in [-0.39, 0.29) is 18.6 Å². The highest BCUT2D eigenvalue weighted by molar-refractivity contribution is 14.1. The first kappa shape index (κ1) is 15.5. The molecule has 1 rings (SSSR count). The molecule has 0 fully saturated rings. The summed E-state index contributed by atoms with van der Waals surface area (Å²) in [5.74, 6) is -1.23. The van der Waals surface area contributed by atoms with E-state index in [1.54, 1.807) is 18.2 Å². The molecule has 0 bridgehead atoms. The molecule has 2 N–H and O–H groups in total. The second kappa shape index (κ2) is 6.58. The van der Waals surface area contributed by atoms with E-state index >= 15 is 0 Å². The molecule has 0 aliphatic carbocycles. The van der Waals surface area contributed by atoms with Gasteiger partial charge >= 0.3 is 5.97 Å². The molecule has 1 aromatic carbocycles. The zero-order valence-corrected chi connectivity index (χ0v) is 12.9. The van der Waals surface area contributed by atoms with Crippen LogP contribution in [0.3, 0.4) is 0 Å². The molecule has 1 aromatic rings. The lowest BCUT2D eigenvalue weighted by atomic mass is 10.3. The number of carboxylic acids is 1. The van der Waals surface area contributed by atoms with Gasteiger partial charge in [-0.05, 0) is 47.2 Å². The molecule has 0 radical (unpaired) electrons. The Morgan fingerprint density at radius 3 is 2.67 bits per heavy atom. The van der Waals surface area contributed by atoms with Crippen molar-refractivity contribution in [3.63, 3.8) is 0 Å². The van der Waals surface area contributed by atoms with Gasteiger partial charge < -0.3 is 5.11 Å². The van der Waals surface area contributed by atoms with E-state index in [0.717, 1.165) is 0 Å². The van der Waals surface area contributed by atoms with Gasteiger partial charge in [0.05, 0.1) is 11.4 Å². The number of sulfonamides is 1. The summed E-state index contributed by atoms with van der Waals surface area (Å²) in [7, 11) is -3.53. The van der Waals surface area contributed by atoms with Crippen molar-refractivity contribution in [1.29, 1.82) is 0 Å². The average molecular weight is 404 g/mol. The number of anilines is 1. The third-order valence-electron chi connectivity index (χ3n) is 2.00. The van der Waals surface area contributed by atoms with E-state index in [4.69, 9.17) is 16.7 Å². The number of carboxylic acid groups (broad SMARTS) is 1. The van der Waals surface area contributed by atoms with Crippen LogP contribution in [-0.2, 0) is 14.8 Å². The van der Waals surface area contributed by atoms with Crippen LogP contribution in [0.15, 0.2) is 18.2 Å². The molecule has 0 spiro atoms. The van der Waals surface area contributed by atoms with E-state index in [1.807, 2.05) is 22.6 Å². The summed E-state index contributed by atoms with van der Waals surface area (Å²) in [6.45, 7) is 0. The minimum Gasteiger partial charge on any atom is -0.481 e. The topological polar surface area (TPSA) is 83.5 Å². The fraction of sp³-hybridized carbons (Fsp3) is 0.300. The van der Waals surface area contributed by atoms with Crippen LogP contribution in [0.2, 0.25) is 5.02 Å². The first-order valence-corrected chi connectivity index (χ1v) is 8.08. The third kappa shape index (κ3) is 5.40. The van der Waals surface area contributed by atoms with Crippen LogP contribution in [0.1, 0.15) is 12.8 Å². The predicted molar refractivity (Wildman–Crippen MR) is 78.4 cm³/mol. The zero-order chi connectivity index (χ0) is 13.8. The number of benzene rings is 1. The van der Waals surface area contributed by atoms with Crippen molar-refractivity contribution in [2.24, 2.45) is 0 Å². The highest BCUT2D eigenvalue weighted by Crippen LogP contribution is 2.23. The smallest absolute Gasteiger partial charge is 0.303 e. The molecule has 0 aliphatic rings. The number of halogens is 2. The van der Waals surface area contributed by atoms with Crippen LogP contribution in [-0.4, -0.2) is 25.2 Å². The zero-order valence-electron chi connectivity index (χ0n) is 9.19. The van der Waals surface area contributed by atoms with E-state index in [0.29, 0.717) is 14.3 Å². The Kier molecular flexibility index (Phi) is 5.67. The molecule has 0 aliphatic heterocycles.